The molecule has 0 aliphatic heterocycles. The van der Waals surface area contributed by atoms with Crippen molar-refractivity contribution < 1.29 is 14.6 Å². The van der Waals surface area contributed by atoms with Crippen molar-refractivity contribution in [1.29, 1.82) is 0 Å². The highest BCUT2D eigenvalue weighted by Gasteiger charge is 2.64. The Morgan fingerprint density at radius 3 is 2.41 bits per heavy atom. The molecule has 184 valence electrons. The van der Waals surface area contributed by atoms with E-state index in [-0.39, 0.29) is 17.5 Å². The van der Waals surface area contributed by atoms with Crippen LogP contribution in [-0.4, -0.2) is 22.8 Å². The van der Waals surface area contributed by atoms with Gasteiger partial charge < -0.3 is 9.84 Å². The maximum Gasteiger partial charge on any atom is 0.302 e. The average molecular weight is 447 g/mol. The van der Waals surface area contributed by atoms with Gasteiger partial charge in [0.15, 0.2) is 0 Å². The van der Waals surface area contributed by atoms with Crippen molar-refractivity contribution in [3.05, 3.63) is 0 Å². The standard InChI is InChI=1S/C29H50O3/c1-19(2)8-7-9-20(3)24-10-11-25-23-13-17-29(31)18-22(32-21(4)30)12-16-28(29,6)26(23)14-15-27(24,25)5/h19-20,22-26,31H,7-18H2,1-6H3/t20-,22-,23+,24-,25+,26+,27-,28-,29-/m1/s1. The van der Waals surface area contributed by atoms with E-state index in [0.29, 0.717) is 17.8 Å². The maximum absolute atomic E-state index is 11.9. The second kappa shape index (κ2) is 8.90. The van der Waals surface area contributed by atoms with E-state index in [4.69, 9.17) is 4.74 Å². The molecule has 0 bridgehead atoms. The van der Waals surface area contributed by atoms with E-state index in [9.17, 15) is 9.90 Å². The van der Waals surface area contributed by atoms with E-state index in [1.807, 2.05) is 0 Å². The first-order chi connectivity index (χ1) is 15.0. The summed E-state index contributed by atoms with van der Waals surface area (Å²) in [5, 5.41) is 11.9. The molecule has 0 unspecified atom stereocenters. The van der Waals surface area contributed by atoms with E-state index < -0.39 is 5.60 Å². The SMILES string of the molecule is CC(=O)O[C@@H]1CC[C@]2(C)[C@H]3CC[C@]4(C)[C@@H]([C@H](C)CCCC(C)C)CC[C@H]4[C@@H]3CC[C@@]2(O)C1. The molecule has 0 spiro atoms. The summed E-state index contributed by atoms with van der Waals surface area (Å²) in [6.07, 6.45) is 14.1. The van der Waals surface area contributed by atoms with Gasteiger partial charge in [0.2, 0.25) is 0 Å². The van der Waals surface area contributed by atoms with Crippen LogP contribution in [0, 0.1) is 46.3 Å². The third-order valence-electron chi connectivity index (χ3n) is 11.3. The van der Waals surface area contributed by atoms with Crippen LogP contribution in [-0.2, 0) is 9.53 Å². The first-order valence-corrected chi connectivity index (χ1v) is 13.9. The van der Waals surface area contributed by atoms with Gasteiger partial charge >= 0.3 is 5.97 Å². The predicted octanol–water partition coefficient (Wildman–Crippen LogP) is 7.15. The molecule has 32 heavy (non-hydrogen) atoms. The number of aliphatic hydroxyl groups is 1. The highest BCUT2D eigenvalue weighted by atomic mass is 16.5. The molecule has 4 aliphatic rings. The van der Waals surface area contributed by atoms with Gasteiger partial charge in [-0.3, -0.25) is 4.79 Å². The summed E-state index contributed by atoms with van der Waals surface area (Å²) in [6, 6.07) is 0. The summed E-state index contributed by atoms with van der Waals surface area (Å²) < 4.78 is 5.56. The molecule has 0 aromatic rings. The van der Waals surface area contributed by atoms with E-state index >= 15 is 0 Å². The second-order valence-electron chi connectivity index (χ2n) is 13.4. The molecule has 9 atom stereocenters. The van der Waals surface area contributed by atoms with Crippen molar-refractivity contribution >= 4 is 5.97 Å². The molecule has 0 saturated heterocycles. The minimum atomic E-state index is -0.664. The van der Waals surface area contributed by atoms with Gasteiger partial charge in [-0.25, -0.2) is 0 Å². The Hall–Kier alpha value is -0.570. The van der Waals surface area contributed by atoms with Crippen molar-refractivity contribution in [2.75, 3.05) is 0 Å². The van der Waals surface area contributed by atoms with Crippen LogP contribution in [0.1, 0.15) is 119 Å². The zero-order valence-corrected chi connectivity index (χ0v) is 21.8. The molecular weight excluding hydrogens is 396 g/mol. The summed E-state index contributed by atoms with van der Waals surface area (Å²) in [4.78, 5) is 11.5. The van der Waals surface area contributed by atoms with Gasteiger partial charge in [0.25, 0.3) is 0 Å². The Morgan fingerprint density at radius 2 is 1.72 bits per heavy atom. The molecule has 0 radical (unpaired) electrons. The van der Waals surface area contributed by atoms with E-state index in [2.05, 4.69) is 34.6 Å². The molecule has 3 nitrogen and oxygen atoms in total. The number of fused-ring (bicyclic) bond motifs is 5. The highest BCUT2D eigenvalue weighted by Crippen LogP contribution is 2.69. The topological polar surface area (TPSA) is 46.5 Å². The summed E-state index contributed by atoms with van der Waals surface area (Å²) in [6.45, 7) is 13.8. The lowest BCUT2D eigenvalue weighted by Crippen LogP contribution is -2.63. The number of hydrogen-bond acceptors (Lipinski definition) is 3. The lowest BCUT2D eigenvalue weighted by molar-refractivity contribution is -0.224. The van der Waals surface area contributed by atoms with Crippen LogP contribution in [0.5, 0.6) is 0 Å². The lowest BCUT2D eigenvalue weighted by atomic mass is 9.43. The molecule has 4 aliphatic carbocycles. The minimum Gasteiger partial charge on any atom is -0.462 e. The smallest absolute Gasteiger partial charge is 0.302 e. The largest absolute Gasteiger partial charge is 0.462 e. The maximum atomic E-state index is 11.9. The van der Waals surface area contributed by atoms with E-state index in [0.717, 1.165) is 55.3 Å². The van der Waals surface area contributed by atoms with Gasteiger partial charge in [-0.15, -0.1) is 0 Å². The Kier molecular flexibility index (Phi) is 6.83. The number of carbonyl (C=O) groups excluding carboxylic acids is 1. The van der Waals surface area contributed by atoms with Crippen LogP contribution >= 0.6 is 0 Å². The zero-order valence-electron chi connectivity index (χ0n) is 21.8. The molecule has 0 heterocycles. The fraction of sp³-hybridized carbons (Fsp3) is 0.966. The first-order valence-electron chi connectivity index (χ1n) is 13.9. The van der Waals surface area contributed by atoms with E-state index in [1.165, 1.54) is 51.9 Å². The van der Waals surface area contributed by atoms with Crippen LogP contribution < -0.4 is 0 Å². The van der Waals surface area contributed by atoms with Crippen molar-refractivity contribution in [2.24, 2.45) is 46.3 Å². The lowest BCUT2D eigenvalue weighted by Gasteiger charge is -2.64. The van der Waals surface area contributed by atoms with Crippen molar-refractivity contribution in [2.45, 2.75) is 130 Å². The molecule has 4 rings (SSSR count). The Labute approximate surface area is 197 Å². The second-order valence-corrected chi connectivity index (χ2v) is 13.4. The number of esters is 1. The molecular formula is C29H50O3. The van der Waals surface area contributed by atoms with Gasteiger partial charge in [0.05, 0.1) is 5.60 Å². The highest BCUT2D eigenvalue weighted by molar-refractivity contribution is 5.66. The summed E-state index contributed by atoms with van der Waals surface area (Å²) in [5.41, 5.74) is -0.184. The number of ether oxygens (including phenoxy) is 1. The van der Waals surface area contributed by atoms with Crippen LogP contribution in [0.4, 0.5) is 0 Å². The third-order valence-corrected chi connectivity index (χ3v) is 11.3. The average Bonchev–Trinajstić information content (AvgIpc) is 3.05. The quantitative estimate of drug-likeness (QED) is 0.440. The van der Waals surface area contributed by atoms with Crippen LogP contribution in [0.2, 0.25) is 0 Å². The number of carbonyl (C=O) groups is 1. The van der Waals surface area contributed by atoms with Crippen LogP contribution in [0.25, 0.3) is 0 Å². The fourth-order valence-electron chi connectivity index (χ4n) is 9.57. The molecule has 3 heteroatoms. The molecule has 0 aromatic carbocycles. The monoisotopic (exact) mass is 446 g/mol. The summed E-state index contributed by atoms with van der Waals surface area (Å²) in [7, 11) is 0. The number of hydrogen-bond donors (Lipinski definition) is 1. The van der Waals surface area contributed by atoms with Gasteiger partial charge in [0.1, 0.15) is 6.10 Å². The molecule has 1 N–H and O–H groups in total. The summed E-state index contributed by atoms with van der Waals surface area (Å²) in [5.74, 6) is 4.59. The van der Waals surface area contributed by atoms with Gasteiger partial charge in [-0.05, 0) is 97.7 Å². The van der Waals surface area contributed by atoms with Crippen LogP contribution in [0.3, 0.4) is 0 Å². The van der Waals surface area contributed by atoms with Crippen molar-refractivity contribution in [3.8, 4) is 0 Å². The van der Waals surface area contributed by atoms with Crippen molar-refractivity contribution in [3.63, 3.8) is 0 Å². The van der Waals surface area contributed by atoms with Crippen LogP contribution in [0.15, 0.2) is 0 Å². The molecule has 0 aromatic heterocycles. The van der Waals surface area contributed by atoms with Crippen molar-refractivity contribution in [1.82, 2.24) is 0 Å². The summed E-state index contributed by atoms with van der Waals surface area (Å²) >= 11 is 0. The minimum absolute atomic E-state index is 0.0190. The van der Waals surface area contributed by atoms with Gasteiger partial charge in [-0.1, -0.05) is 53.9 Å². The predicted molar refractivity (Wildman–Crippen MR) is 130 cm³/mol. The normalized spacial score (nSPS) is 46.8. The molecule has 4 fully saturated rings. The Bertz CT molecular complexity index is 688. The van der Waals surface area contributed by atoms with Gasteiger partial charge in [0, 0.05) is 13.3 Å². The molecule has 0 amide bonds. The Balaban J connectivity index is 1.47. The zero-order chi connectivity index (χ0) is 23.3. The van der Waals surface area contributed by atoms with Gasteiger partial charge in [-0.2, -0.15) is 0 Å². The third kappa shape index (κ3) is 4.07. The molecule has 4 saturated carbocycles. The van der Waals surface area contributed by atoms with E-state index in [1.54, 1.807) is 0 Å². The first kappa shape index (κ1) is 24.6. The Morgan fingerprint density at radius 1 is 0.969 bits per heavy atom. The fourth-order valence-corrected chi connectivity index (χ4v) is 9.57. The number of rotatable bonds is 6.